The van der Waals surface area contributed by atoms with Crippen LogP contribution in [0.2, 0.25) is 0 Å². The van der Waals surface area contributed by atoms with E-state index in [9.17, 15) is 4.79 Å². The highest BCUT2D eigenvalue weighted by Gasteiger charge is 2.38. The van der Waals surface area contributed by atoms with Gasteiger partial charge in [0.15, 0.2) is 0 Å². The summed E-state index contributed by atoms with van der Waals surface area (Å²) in [4.78, 5) is 23.8. The van der Waals surface area contributed by atoms with Crippen LogP contribution < -0.4 is 16.0 Å². The zero-order valence-corrected chi connectivity index (χ0v) is 24.3. The first kappa shape index (κ1) is 28.8. The molecule has 3 atom stereocenters. The average molecular weight is 557 g/mol. The van der Waals surface area contributed by atoms with Gasteiger partial charge < -0.3 is 20.9 Å². The molecule has 0 saturated carbocycles. The molecule has 2 aliphatic heterocycles. The topological polar surface area (TPSA) is 84.6 Å². The molecule has 3 unspecified atom stereocenters. The molecule has 3 aromatic rings. The van der Waals surface area contributed by atoms with E-state index in [1.54, 1.807) is 13.2 Å². The third kappa shape index (κ3) is 6.60. The Morgan fingerprint density at radius 2 is 1.93 bits per heavy atom. The molecule has 2 aromatic carbocycles. The largest absolute Gasteiger partial charge is 0.359 e. The van der Waals surface area contributed by atoms with E-state index in [1.165, 1.54) is 5.56 Å². The lowest BCUT2D eigenvalue weighted by Gasteiger charge is -2.34. The van der Waals surface area contributed by atoms with Crippen molar-refractivity contribution >= 4 is 28.3 Å². The van der Waals surface area contributed by atoms with Gasteiger partial charge in [0, 0.05) is 74.2 Å². The quantitative estimate of drug-likeness (QED) is 0.303. The van der Waals surface area contributed by atoms with Crippen molar-refractivity contribution in [1.29, 1.82) is 0 Å². The fourth-order valence-corrected chi connectivity index (χ4v) is 6.15. The van der Waals surface area contributed by atoms with Crippen LogP contribution in [0.15, 0.2) is 71.9 Å². The number of allylic oxidation sites excluding steroid dienone is 2. The lowest BCUT2D eigenvalue weighted by molar-refractivity contribution is -0.123. The van der Waals surface area contributed by atoms with Gasteiger partial charge in [0.25, 0.3) is 0 Å². The summed E-state index contributed by atoms with van der Waals surface area (Å²) in [6.45, 7) is 13.5. The molecule has 7 nitrogen and oxygen atoms in total. The summed E-state index contributed by atoms with van der Waals surface area (Å²) in [5, 5.41) is 10.3. The summed E-state index contributed by atoms with van der Waals surface area (Å²) in [6, 6.07) is 13.9. The van der Waals surface area contributed by atoms with Crippen LogP contribution in [-0.4, -0.2) is 54.9 Å². The minimum atomic E-state index is -0.603. The molecule has 41 heavy (non-hydrogen) atoms. The second-order valence-corrected chi connectivity index (χ2v) is 11.4. The fraction of sp³-hybridized carbons (Fsp3) is 0.394. The van der Waals surface area contributed by atoms with E-state index in [1.807, 2.05) is 43.3 Å². The monoisotopic (exact) mass is 556 g/mol. The van der Waals surface area contributed by atoms with Gasteiger partial charge in [-0.3, -0.25) is 9.69 Å². The Hall–Kier alpha value is -3.75. The van der Waals surface area contributed by atoms with Crippen molar-refractivity contribution in [1.82, 2.24) is 20.5 Å². The number of aromatic amines is 1. The van der Waals surface area contributed by atoms with Crippen LogP contribution in [0.4, 0.5) is 10.1 Å². The number of H-pyrrole nitrogens is 1. The van der Waals surface area contributed by atoms with Crippen molar-refractivity contribution in [2.45, 2.75) is 33.2 Å². The van der Waals surface area contributed by atoms with Crippen LogP contribution in [0.3, 0.4) is 0 Å². The number of aromatic nitrogens is 1. The molecular formula is C33H41FN6O. The van der Waals surface area contributed by atoms with Crippen molar-refractivity contribution in [3.63, 3.8) is 0 Å². The number of hydrogen-bond acceptors (Lipinski definition) is 5. The lowest BCUT2D eigenvalue weighted by atomic mass is 9.73. The highest BCUT2D eigenvalue weighted by atomic mass is 19.1. The first-order valence-corrected chi connectivity index (χ1v) is 14.5. The van der Waals surface area contributed by atoms with E-state index in [0.717, 1.165) is 61.6 Å². The van der Waals surface area contributed by atoms with Gasteiger partial charge in [-0.1, -0.05) is 43.4 Å². The molecule has 1 fully saturated rings. The zero-order valence-electron chi connectivity index (χ0n) is 24.3. The number of nitrogens with one attached hydrogen (secondary N) is 4. The van der Waals surface area contributed by atoms with Crippen LogP contribution >= 0.6 is 0 Å². The third-order valence-electron chi connectivity index (χ3n) is 8.31. The SMILES string of the molecule is C=C(Cc1ccc2[nH]c(C)cc2c1F)C1C(C)C/C=C/N=C(Nc2ccc(CN3CCNCC3)cc2)C1C(=O)NC. The van der Waals surface area contributed by atoms with Crippen LogP contribution in [-0.2, 0) is 17.8 Å². The van der Waals surface area contributed by atoms with Gasteiger partial charge in [-0.15, -0.1) is 0 Å². The summed E-state index contributed by atoms with van der Waals surface area (Å²) in [6.07, 6.45) is 4.88. The summed E-state index contributed by atoms with van der Waals surface area (Å²) < 4.78 is 15.5. The first-order chi connectivity index (χ1) is 19.8. The average Bonchev–Trinajstić information content (AvgIpc) is 3.36. The van der Waals surface area contributed by atoms with Crippen molar-refractivity contribution in [2.24, 2.45) is 22.7 Å². The minimum absolute atomic E-state index is 0.0936. The van der Waals surface area contributed by atoms with Crippen molar-refractivity contribution in [2.75, 3.05) is 38.5 Å². The number of aryl methyl sites for hydroxylation is 1. The predicted octanol–water partition coefficient (Wildman–Crippen LogP) is 5.16. The van der Waals surface area contributed by atoms with Crippen LogP contribution in [0, 0.1) is 30.5 Å². The molecule has 0 spiro atoms. The summed E-state index contributed by atoms with van der Waals surface area (Å²) in [5.41, 5.74) is 5.20. The summed E-state index contributed by atoms with van der Waals surface area (Å²) >= 11 is 0. The first-order valence-electron chi connectivity index (χ1n) is 14.5. The van der Waals surface area contributed by atoms with E-state index < -0.39 is 5.92 Å². The number of aliphatic imine (C=N–C) groups is 1. The van der Waals surface area contributed by atoms with E-state index in [-0.39, 0.29) is 23.6 Å². The molecule has 1 saturated heterocycles. The number of rotatable bonds is 7. The number of nitrogens with zero attached hydrogens (tertiary/aromatic N) is 2. The molecule has 0 aliphatic carbocycles. The van der Waals surface area contributed by atoms with Crippen LogP contribution in [0.25, 0.3) is 10.9 Å². The Bertz CT molecular complexity index is 1450. The number of carbonyl (C=O) groups is 1. The summed E-state index contributed by atoms with van der Waals surface area (Å²) in [7, 11) is 1.64. The number of fused-ring (bicyclic) bond motifs is 1. The van der Waals surface area contributed by atoms with Crippen molar-refractivity contribution in [3.05, 3.63) is 89.5 Å². The standard InChI is InChI=1S/C33H41FN6O/c1-21-6-5-13-37-32(39-26-10-7-24(8-11-26)20-40-16-14-36-15-17-40)30(33(41)35-4)29(21)22(2)18-25-9-12-28-27(31(25)34)19-23(3)38-28/h5,7-13,19,21,29-30,36,38H,2,6,14-18,20H2,1,3-4H3,(H,35,41)(H,37,39)/b13-5+. The summed E-state index contributed by atoms with van der Waals surface area (Å²) in [5.74, 6) is -0.579. The van der Waals surface area contributed by atoms with E-state index in [2.05, 4.69) is 51.5 Å². The maximum Gasteiger partial charge on any atom is 0.231 e. The molecule has 216 valence electrons. The molecule has 0 radical (unpaired) electrons. The van der Waals surface area contributed by atoms with Gasteiger partial charge in [-0.05, 0) is 61.1 Å². The number of carbonyl (C=O) groups excluding carboxylic acids is 1. The zero-order chi connectivity index (χ0) is 28.9. The normalized spacial score (nSPS) is 22.4. The lowest BCUT2D eigenvalue weighted by Crippen LogP contribution is -2.44. The van der Waals surface area contributed by atoms with Gasteiger partial charge >= 0.3 is 0 Å². The van der Waals surface area contributed by atoms with Gasteiger partial charge in [-0.2, -0.15) is 0 Å². The molecule has 4 N–H and O–H groups in total. The second kappa shape index (κ2) is 12.8. The molecule has 5 rings (SSSR count). The van der Waals surface area contributed by atoms with E-state index >= 15 is 4.39 Å². The number of halogens is 1. The van der Waals surface area contributed by atoms with Crippen LogP contribution in [0.5, 0.6) is 0 Å². The molecule has 0 bridgehead atoms. The third-order valence-corrected chi connectivity index (χ3v) is 8.31. The van der Waals surface area contributed by atoms with Gasteiger partial charge in [0.1, 0.15) is 17.6 Å². The number of piperazine rings is 1. The van der Waals surface area contributed by atoms with Gasteiger partial charge in [-0.25, -0.2) is 9.38 Å². The van der Waals surface area contributed by atoms with Crippen molar-refractivity contribution in [3.8, 4) is 0 Å². The number of hydrogen-bond donors (Lipinski definition) is 4. The molecule has 2 aliphatic rings. The molecule has 3 heterocycles. The Morgan fingerprint density at radius 1 is 1.17 bits per heavy atom. The number of benzene rings is 2. The second-order valence-electron chi connectivity index (χ2n) is 11.4. The Balaban J connectivity index is 1.39. The maximum absolute atomic E-state index is 15.5. The highest BCUT2D eigenvalue weighted by molar-refractivity contribution is 6.10. The van der Waals surface area contributed by atoms with Gasteiger partial charge in [0.05, 0.1) is 0 Å². The number of amides is 1. The molecule has 1 amide bonds. The molecule has 8 heteroatoms. The molecule has 1 aromatic heterocycles. The predicted molar refractivity (Wildman–Crippen MR) is 165 cm³/mol. The van der Waals surface area contributed by atoms with E-state index in [4.69, 9.17) is 4.99 Å². The Morgan fingerprint density at radius 3 is 2.66 bits per heavy atom. The Kier molecular flexibility index (Phi) is 9.00. The number of anilines is 1. The minimum Gasteiger partial charge on any atom is -0.359 e. The Labute approximate surface area is 242 Å². The number of amidine groups is 1. The maximum atomic E-state index is 15.5. The van der Waals surface area contributed by atoms with Crippen molar-refractivity contribution < 1.29 is 9.18 Å². The fourth-order valence-electron chi connectivity index (χ4n) is 6.15. The van der Waals surface area contributed by atoms with E-state index in [0.29, 0.717) is 23.2 Å². The smallest absolute Gasteiger partial charge is 0.231 e. The van der Waals surface area contributed by atoms with Gasteiger partial charge in [0.2, 0.25) is 5.91 Å². The molecular weight excluding hydrogens is 515 g/mol. The highest BCUT2D eigenvalue weighted by Crippen LogP contribution is 2.36. The van der Waals surface area contributed by atoms with Crippen LogP contribution in [0.1, 0.15) is 30.2 Å².